The number of halogens is 1. The summed E-state index contributed by atoms with van der Waals surface area (Å²) in [5.41, 5.74) is 0. The van der Waals surface area contributed by atoms with E-state index in [1.807, 2.05) is 0 Å². The summed E-state index contributed by atoms with van der Waals surface area (Å²) in [6.45, 7) is 2.15. The number of benzene rings is 1. The van der Waals surface area contributed by atoms with Crippen molar-refractivity contribution in [1.82, 2.24) is 0 Å². The second-order valence-electron chi connectivity index (χ2n) is 4.43. The first-order chi connectivity index (χ1) is 9.17. The fourth-order valence-corrected chi connectivity index (χ4v) is 1.92. The molecule has 0 amide bonds. The fourth-order valence-electron chi connectivity index (χ4n) is 1.79. The number of methoxy groups -OCH3 is 1. The maximum atomic E-state index is 11.7. The van der Waals surface area contributed by atoms with Gasteiger partial charge in [0.25, 0.3) is 0 Å². The number of carbonyl (C=O) groups excluding carboxylic acids is 1. The Hall–Kier alpha value is -1.22. The lowest BCUT2D eigenvalue weighted by Gasteiger charge is -2.16. The molecule has 1 atom stereocenters. The topological polar surface area (TPSA) is 35.5 Å². The van der Waals surface area contributed by atoms with Gasteiger partial charge in [0.2, 0.25) is 0 Å². The van der Waals surface area contributed by atoms with E-state index in [9.17, 15) is 4.79 Å². The lowest BCUT2D eigenvalue weighted by atomic mass is 10.1. The van der Waals surface area contributed by atoms with Crippen molar-refractivity contribution in [3.8, 4) is 5.75 Å². The molecule has 1 aromatic carbocycles. The Kier molecular flexibility index (Phi) is 7.34. The number of carbonyl (C=O) groups is 1. The van der Waals surface area contributed by atoms with Gasteiger partial charge in [-0.15, -0.1) is 0 Å². The maximum Gasteiger partial charge on any atom is 0.347 e. The van der Waals surface area contributed by atoms with Crippen LogP contribution in [0.4, 0.5) is 0 Å². The molecule has 0 spiro atoms. The van der Waals surface area contributed by atoms with E-state index in [0.717, 1.165) is 12.8 Å². The third-order valence-electron chi connectivity index (χ3n) is 2.88. The molecular formula is C15H21ClO3. The van der Waals surface area contributed by atoms with Gasteiger partial charge in [-0.05, 0) is 37.1 Å². The van der Waals surface area contributed by atoms with Crippen molar-refractivity contribution in [2.75, 3.05) is 7.11 Å². The Bertz CT molecular complexity index is 375. The predicted molar refractivity (Wildman–Crippen MR) is 76.6 cm³/mol. The average molecular weight is 285 g/mol. The zero-order valence-electron chi connectivity index (χ0n) is 11.5. The van der Waals surface area contributed by atoms with Crippen LogP contribution in [0.5, 0.6) is 5.75 Å². The van der Waals surface area contributed by atoms with Crippen molar-refractivity contribution in [1.29, 1.82) is 0 Å². The van der Waals surface area contributed by atoms with Gasteiger partial charge < -0.3 is 9.47 Å². The van der Waals surface area contributed by atoms with Gasteiger partial charge in [-0.3, -0.25) is 0 Å². The zero-order chi connectivity index (χ0) is 14.1. The highest BCUT2D eigenvalue weighted by atomic mass is 35.5. The van der Waals surface area contributed by atoms with Gasteiger partial charge >= 0.3 is 5.97 Å². The minimum absolute atomic E-state index is 0.327. The molecule has 0 heterocycles. The molecule has 0 aliphatic carbocycles. The molecule has 19 heavy (non-hydrogen) atoms. The SMILES string of the molecule is CCCCCC[C@H](Oc1ccc(Cl)cc1)C(=O)OC. The Morgan fingerprint density at radius 2 is 1.89 bits per heavy atom. The quantitative estimate of drug-likeness (QED) is 0.529. The van der Waals surface area contributed by atoms with Crippen molar-refractivity contribution in [2.24, 2.45) is 0 Å². The third kappa shape index (κ3) is 5.97. The number of hydrogen-bond donors (Lipinski definition) is 0. The van der Waals surface area contributed by atoms with E-state index in [1.165, 1.54) is 20.0 Å². The highest BCUT2D eigenvalue weighted by molar-refractivity contribution is 6.30. The van der Waals surface area contributed by atoms with Crippen LogP contribution in [0.1, 0.15) is 39.0 Å². The van der Waals surface area contributed by atoms with E-state index in [2.05, 4.69) is 6.92 Å². The molecule has 0 aliphatic rings. The van der Waals surface area contributed by atoms with E-state index < -0.39 is 6.10 Å². The number of ether oxygens (including phenoxy) is 2. The molecule has 0 saturated carbocycles. The summed E-state index contributed by atoms with van der Waals surface area (Å²) in [4.78, 5) is 11.7. The van der Waals surface area contributed by atoms with Crippen LogP contribution in [-0.4, -0.2) is 19.2 Å². The minimum Gasteiger partial charge on any atom is -0.479 e. The van der Waals surface area contributed by atoms with E-state index in [1.54, 1.807) is 24.3 Å². The smallest absolute Gasteiger partial charge is 0.347 e. The van der Waals surface area contributed by atoms with E-state index in [0.29, 0.717) is 17.2 Å². The molecular weight excluding hydrogens is 264 g/mol. The summed E-state index contributed by atoms with van der Waals surface area (Å²) in [5, 5.41) is 0.643. The normalized spacial score (nSPS) is 11.9. The van der Waals surface area contributed by atoms with Crippen LogP contribution in [-0.2, 0) is 9.53 Å². The Labute approximate surface area is 119 Å². The van der Waals surface area contributed by atoms with Crippen LogP contribution in [0.2, 0.25) is 5.02 Å². The summed E-state index contributed by atoms with van der Waals surface area (Å²) in [6.07, 6.45) is 4.54. The number of esters is 1. The van der Waals surface area contributed by atoms with Gasteiger partial charge in [-0.2, -0.15) is 0 Å². The number of unbranched alkanes of at least 4 members (excludes halogenated alkanes) is 3. The van der Waals surface area contributed by atoms with E-state index in [-0.39, 0.29) is 5.97 Å². The predicted octanol–water partition coefficient (Wildman–Crippen LogP) is 4.23. The van der Waals surface area contributed by atoms with Gasteiger partial charge in [-0.25, -0.2) is 4.79 Å². The lowest BCUT2D eigenvalue weighted by Crippen LogP contribution is -2.28. The van der Waals surface area contributed by atoms with Crippen molar-refractivity contribution in [3.63, 3.8) is 0 Å². The molecule has 0 N–H and O–H groups in total. The van der Waals surface area contributed by atoms with Crippen molar-refractivity contribution in [2.45, 2.75) is 45.1 Å². The molecule has 4 heteroatoms. The standard InChI is InChI=1S/C15H21ClO3/c1-3-4-5-6-7-14(15(17)18-2)19-13-10-8-12(16)9-11-13/h8-11,14H,3-7H2,1-2H3/t14-/m0/s1. The van der Waals surface area contributed by atoms with Crippen molar-refractivity contribution >= 4 is 17.6 Å². The average Bonchev–Trinajstić information content (AvgIpc) is 2.43. The minimum atomic E-state index is -0.539. The first kappa shape index (κ1) is 15.8. The molecule has 0 fully saturated rings. The molecule has 0 aromatic heterocycles. The van der Waals surface area contributed by atoms with Crippen molar-refractivity contribution in [3.05, 3.63) is 29.3 Å². The highest BCUT2D eigenvalue weighted by Crippen LogP contribution is 2.19. The molecule has 1 aromatic rings. The fraction of sp³-hybridized carbons (Fsp3) is 0.533. The molecule has 1 rings (SSSR count). The summed E-state index contributed by atoms with van der Waals surface area (Å²) in [7, 11) is 1.38. The van der Waals surface area contributed by atoms with Gasteiger partial charge in [-0.1, -0.05) is 37.8 Å². The molecule has 0 bridgehead atoms. The Balaban J connectivity index is 2.53. The second-order valence-corrected chi connectivity index (χ2v) is 4.87. The second kappa shape index (κ2) is 8.81. The summed E-state index contributed by atoms with van der Waals surface area (Å²) in [5.74, 6) is 0.307. The maximum absolute atomic E-state index is 11.7. The largest absolute Gasteiger partial charge is 0.479 e. The molecule has 0 aliphatic heterocycles. The zero-order valence-corrected chi connectivity index (χ0v) is 12.3. The first-order valence-corrected chi connectivity index (χ1v) is 7.05. The summed E-state index contributed by atoms with van der Waals surface area (Å²) >= 11 is 5.81. The van der Waals surface area contributed by atoms with Crippen LogP contribution >= 0.6 is 11.6 Å². The summed E-state index contributed by atoms with van der Waals surface area (Å²) in [6, 6.07) is 6.99. The summed E-state index contributed by atoms with van der Waals surface area (Å²) < 4.78 is 10.4. The molecule has 0 saturated heterocycles. The molecule has 106 valence electrons. The van der Waals surface area contributed by atoms with Gasteiger partial charge in [0.05, 0.1) is 7.11 Å². The van der Waals surface area contributed by atoms with Crippen LogP contribution in [0, 0.1) is 0 Å². The van der Waals surface area contributed by atoms with Gasteiger partial charge in [0.15, 0.2) is 6.10 Å². The molecule has 0 unspecified atom stereocenters. The Morgan fingerprint density at radius 3 is 2.47 bits per heavy atom. The van der Waals surface area contributed by atoms with E-state index in [4.69, 9.17) is 21.1 Å². The van der Waals surface area contributed by atoms with Crippen LogP contribution in [0.15, 0.2) is 24.3 Å². The lowest BCUT2D eigenvalue weighted by molar-refractivity contribution is -0.149. The Morgan fingerprint density at radius 1 is 1.21 bits per heavy atom. The first-order valence-electron chi connectivity index (χ1n) is 6.67. The monoisotopic (exact) mass is 284 g/mol. The third-order valence-corrected chi connectivity index (χ3v) is 3.13. The van der Waals surface area contributed by atoms with Crippen LogP contribution < -0.4 is 4.74 Å². The molecule has 0 radical (unpaired) electrons. The molecule has 3 nitrogen and oxygen atoms in total. The van der Waals surface area contributed by atoms with Crippen molar-refractivity contribution < 1.29 is 14.3 Å². The highest BCUT2D eigenvalue weighted by Gasteiger charge is 2.20. The van der Waals surface area contributed by atoms with Gasteiger partial charge in [0, 0.05) is 5.02 Å². The van der Waals surface area contributed by atoms with Crippen LogP contribution in [0.25, 0.3) is 0 Å². The van der Waals surface area contributed by atoms with Crippen LogP contribution in [0.3, 0.4) is 0 Å². The van der Waals surface area contributed by atoms with Gasteiger partial charge in [0.1, 0.15) is 5.75 Å². The van der Waals surface area contributed by atoms with E-state index >= 15 is 0 Å². The number of hydrogen-bond acceptors (Lipinski definition) is 3. The number of rotatable bonds is 8.